The van der Waals surface area contributed by atoms with Crippen molar-refractivity contribution in [1.29, 1.82) is 0 Å². The Morgan fingerprint density at radius 1 is 1.24 bits per heavy atom. The zero-order valence-corrected chi connectivity index (χ0v) is 14.0. The average molecular weight is 334 g/mol. The fourth-order valence-electron chi connectivity index (χ4n) is 2.91. The highest BCUT2D eigenvalue weighted by Crippen LogP contribution is 2.19. The van der Waals surface area contributed by atoms with Gasteiger partial charge in [0.05, 0.1) is 22.6 Å². The summed E-state index contributed by atoms with van der Waals surface area (Å²) in [6.45, 7) is 2.02. The first-order valence-electron chi connectivity index (χ1n) is 8.20. The summed E-state index contributed by atoms with van der Waals surface area (Å²) in [6.07, 6.45) is 0.737. The summed E-state index contributed by atoms with van der Waals surface area (Å²) in [5, 5.41) is 11.1. The smallest absolute Gasteiger partial charge is 0.251 e. The Labute approximate surface area is 144 Å². The number of carbonyl (C=O) groups excluding carboxylic acids is 1. The number of carbonyl (C=O) groups is 1. The fraction of sp³-hybridized carbons (Fsp3) is 0.222. The number of hydrogen-bond acceptors (Lipinski definition) is 4. The van der Waals surface area contributed by atoms with Crippen LogP contribution in [0.4, 0.5) is 0 Å². The quantitative estimate of drug-likeness (QED) is 0.600. The third-order valence-electron chi connectivity index (χ3n) is 4.32. The Kier molecular flexibility index (Phi) is 3.68. The molecule has 2 aromatic carbocycles. The SMILES string of the molecule is CC[C@H](NC(=O)c1ccc2nnn(C)c2c1)c1nc2ccccc2[nH]1. The monoisotopic (exact) mass is 334 g/mol. The molecule has 7 nitrogen and oxygen atoms in total. The Balaban J connectivity index is 1.61. The maximum Gasteiger partial charge on any atom is 0.251 e. The predicted molar refractivity (Wildman–Crippen MR) is 95.1 cm³/mol. The Bertz CT molecular complexity index is 1030. The van der Waals surface area contributed by atoms with E-state index < -0.39 is 0 Å². The van der Waals surface area contributed by atoms with Crippen LogP contribution >= 0.6 is 0 Å². The minimum Gasteiger partial charge on any atom is -0.342 e. The van der Waals surface area contributed by atoms with Gasteiger partial charge in [0.2, 0.25) is 0 Å². The number of aromatic nitrogens is 5. The molecule has 1 amide bonds. The van der Waals surface area contributed by atoms with Crippen molar-refractivity contribution >= 4 is 28.0 Å². The number of aromatic amines is 1. The summed E-state index contributed by atoms with van der Waals surface area (Å²) in [6, 6.07) is 13.0. The molecule has 1 atom stereocenters. The molecule has 0 unspecified atom stereocenters. The van der Waals surface area contributed by atoms with Crippen molar-refractivity contribution in [2.45, 2.75) is 19.4 Å². The molecular formula is C18H18N6O. The molecule has 0 aliphatic carbocycles. The fourth-order valence-corrected chi connectivity index (χ4v) is 2.91. The van der Waals surface area contributed by atoms with E-state index in [4.69, 9.17) is 0 Å². The van der Waals surface area contributed by atoms with Crippen molar-refractivity contribution in [3.63, 3.8) is 0 Å². The van der Waals surface area contributed by atoms with E-state index >= 15 is 0 Å². The number of para-hydroxylation sites is 2. The van der Waals surface area contributed by atoms with Gasteiger partial charge in [0, 0.05) is 12.6 Å². The molecule has 0 aliphatic rings. The van der Waals surface area contributed by atoms with Crippen molar-refractivity contribution in [1.82, 2.24) is 30.3 Å². The highest BCUT2D eigenvalue weighted by Gasteiger charge is 2.18. The molecule has 0 radical (unpaired) electrons. The summed E-state index contributed by atoms with van der Waals surface area (Å²) < 4.78 is 1.66. The second-order valence-corrected chi connectivity index (χ2v) is 5.99. The number of rotatable bonds is 4. The number of nitrogens with one attached hydrogen (secondary N) is 2. The third kappa shape index (κ3) is 2.73. The maximum absolute atomic E-state index is 12.7. The van der Waals surface area contributed by atoms with E-state index in [-0.39, 0.29) is 11.9 Å². The topological polar surface area (TPSA) is 88.5 Å². The van der Waals surface area contributed by atoms with Crippen molar-refractivity contribution in [3.05, 3.63) is 53.9 Å². The minimum atomic E-state index is -0.180. The second-order valence-electron chi connectivity index (χ2n) is 5.99. The van der Waals surface area contributed by atoms with Crippen molar-refractivity contribution in [2.24, 2.45) is 7.05 Å². The van der Waals surface area contributed by atoms with Gasteiger partial charge in [-0.05, 0) is 36.8 Å². The Morgan fingerprint density at radius 3 is 2.88 bits per heavy atom. The van der Waals surface area contributed by atoms with Gasteiger partial charge in [0.25, 0.3) is 5.91 Å². The first kappa shape index (κ1) is 15.3. The molecule has 7 heteroatoms. The van der Waals surface area contributed by atoms with Gasteiger partial charge in [-0.25, -0.2) is 9.67 Å². The summed E-state index contributed by atoms with van der Waals surface area (Å²) >= 11 is 0. The van der Waals surface area contributed by atoms with Crippen LogP contribution in [0.25, 0.3) is 22.1 Å². The molecule has 0 fully saturated rings. The standard InChI is InChI=1S/C18H18N6O/c1-3-12(17-19-13-6-4-5-7-14(13)20-17)21-18(25)11-8-9-15-16(10-11)24(2)23-22-15/h4-10,12H,3H2,1-2H3,(H,19,20)(H,21,25)/t12-/m0/s1. The van der Waals surface area contributed by atoms with E-state index in [1.807, 2.05) is 31.2 Å². The second kappa shape index (κ2) is 6.01. The van der Waals surface area contributed by atoms with E-state index in [1.54, 1.807) is 29.9 Å². The molecule has 0 saturated carbocycles. The van der Waals surface area contributed by atoms with Gasteiger partial charge < -0.3 is 10.3 Å². The molecule has 4 rings (SSSR count). The van der Waals surface area contributed by atoms with E-state index in [9.17, 15) is 4.79 Å². The van der Waals surface area contributed by atoms with Crippen molar-refractivity contribution in [3.8, 4) is 0 Å². The molecule has 25 heavy (non-hydrogen) atoms. The van der Waals surface area contributed by atoms with E-state index in [2.05, 4.69) is 25.6 Å². The molecule has 2 N–H and O–H groups in total. The Hall–Kier alpha value is -3.22. The van der Waals surface area contributed by atoms with Gasteiger partial charge in [-0.3, -0.25) is 4.79 Å². The minimum absolute atomic E-state index is 0.143. The number of fused-ring (bicyclic) bond motifs is 2. The number of imidazole rings is 1. The van der Waals surface area contributed by atoms with Gasteiger partial charge in [-0.15, -0.1) is 5.10 Å². The first-order valence-corrected chi connectivity index (χ1v) is 8.20. The number of amides is 1. The number of hydrogen-bond donors (Lipinski definition) is 2. The van der Waals surface area contributed by atoms with E-state index in [0.29, 0.717) is 5.56 Å². The summed E-state index contributed by atoms with van der Waals surface area (Å²) in [4.78, 5) is 20.6. The van der Waals surface area contributed by atoms with Crippen LogP contribution in [0.1, 0.15) is 35.6 Å². The van der Waals surface area contributed by atoms with Gasteiger partial charge in [0.15, 0.2) is 0 Å². The lowest BCUT2D eigenvalue weighted by Crippen LogP contribution is -2.28. The van der Waals surface area contributed by atoms with Crippen LogP contribution in [0.2, 0.25) is 0 Å². The van der Waals surface area contributed by atoms with Crippen molar-refractivity contribution in [2.75, 3.05) is 0 Å². The van der Waals surface area contributed by atoms with Crippen LogP contribution in [-0.4, -0.2) is 30.9 Å². The highest BCUT2D eigenvalue weighted by atomic mass is 16.1. The number of H-pyrrole nitrogens is 1. The summed E-state index contributed by atoms with van der Waals surface area (Å²) in [5.74, 6) is 0.621. The lowest BCUT2D eigenvalue weighted by molar-refractivity contribution is 0.0934. The van der Waals surface area contributed by atoms with Crippen LogP contribution in [0.3, 0.4) is 0 Å². The van der Waals surface area contributed by atoms with Crippen LogP contribution < -0.4 is 5.32 Å². The zero-order chi connectivity index (χ0) is 17.4. The first-order chi connectivity index (χ1) is 12.2. The van der Waals surface area contributed by atoms with Crippen LogP contribution in [-0.2, 0) is 7.05 Å². The van der Waals surface area contributed by atoms with Crippen molar-refractivity contribution < 1.29 is 4.79 Å². The van der Waals surface area contributed by atoms with Crippen LogP contribution in [0.15, 0.2) is 42.5 Å². The molecule has 2 aromatic heterocycles. The lowest BCUT2D eigenvalue weighted by atomic mass is 10.1. The molecule has 0 spiro atoms. The average Bonchev–Trinajstić information content (AvgIpc) is 3.23. The maximum atomic E-state index is 12.7. The zero-order valence-electron chi connectivity index (χ0n) is 14.0. The largest absolute Gasteiger partial charge is 0.342 e. The predicted octanol–water partition coefficient (Wildman–Crippen LogP) is 2.73. The van der Waals surface area contributed by atoms with Crippen LogP contribution in [0, 0.1) is 0 Å². The van der Waals surface area contributed by atoms with Crippen LogP contribution in [0.5, 0.6) is 0 Å². The van der Waals surface area contributed by atoms with E-state index in [1.165, 1.54) is 0 Å². The molecule has 126 valence electrons. The number of aryl methyl sites for hydroxylation is 1. The summed E-state index contributed by atoms with van der Waals surface area (Å²) in [5.41, 5.74) is 4.03. The molecule has 0 bridgehead atoms. The lowest BCUT2D eigenvalue weighted by Gasteiger charge is -2.14. The molecule has 4 aromatic rings. The normalized spacial score (nSPS) is 12.6. The van der Waals surface area contributed by atoms with Gasteiger partial charge in [-0.2, -0.15) is 0 Å². The van der Waals surface area contributed by atoms with E-state index in [0.717, 1.165) is 34.3 Å². The number of benzene rings is 2. The highest BCUT2D eigenvalue weighted by molar-refractivity contribution is 5.97. The molecule has 0 aliphatic heterocycles. The van der Waals surface area contributed by atoms with Gasteiger partial charge in [-0.1, -0.05) is 24.3 Å². The molecular weight excluding hydrogens is 316 g/mol. The molecule has 0 saturated heterocycles. The summed E-state index contributed by atoms with van der Waals surface area (Å²) in [7, 11) is 1.81. The number of nitrogens with zero attached hydrogens (tertiary/aromatic N) is 4. The van der Waals surface area contributed by atoms with Gasteiger partial charge in [0.1, 0.15) is 11.3 Å². The third-order valence-corrected chi connectivity index (χ3v) is 4.32. The van der Waals surface area contributed by atoms with Gasteiger partial charge >= 0.3 is 0 Å². The molecule has 2 heterocycles. The Morgan fingerprint density at radius 2 is 2.08 bits per heavy atom.